The molecule has 1 aliphatic rings. The van der Waals surface area contributed by atoms with Gasteiger partial charge in [-0.2, -0.15) is 0 Å². The molecule has 0 saturated carbocycles. The quantitative estimate of drug-likeness (QED) is 0.268. The Morgan fingerprint density at radius 3 is 2.27 bits per heavy atom. The van der Waals surface area contributed by atoms with Crippen molar-refractivity contribution in [3.05, 3.63) is 58.7 Å². The van der Waals surface area contributed by atoms with Gasteiger partial charge in [0.05, 0.1) is 32.9 Å². The minimum Gasteiger partial charge on any atom is -0.507 e. The Morgan fingerprint density at radius 1 is 0.970 bits per heavy atom. The van der Waals surface area contributed by atoms with Crippen LogP contribution in [-0.4, -0.2) is 63.3 Å². The minimum atomic E-state index is -0.852. The molecule has 1 atom stereocenters. The number of aryl methyl sites for hydroxylation is 1. The maximum Gasteiger partial charge on any atom is 0.295 e. The molecular formula is C25H29NO7. The van der Waals surface area contributed by atoms with Gasteiger partial charge in [0.15, 0.2) is 0 Å². The van der Waals surface area contributed by atoms with Gasteiger partial charge in [-0.25, -0.2) is 0 Å². The molecule has 8 nitrogen and oxygen atoms in total. The number of nitrogens with zero attached hydrogens (tertiary/aromatic N) is 1. The van der Waals surface area contributed by atoms with E-state index >= 15 is 0 Å². The van der Waals surface area contributed by atoms with Crippen molar-refractivity contribution in [2.45, 2.75) is 19.4 Å². The van der Waals surface area contributed by atoms with Gasteiger partial charge in [0.25, 0.3) is 11.7 Å². The molecule has 2 aromatic carbocycles. The van der Waals surface area contributed by atoms with Crippen LogP contribution < -0.4 is 14.2 Å². The SMILES string of the molecule is COCCCN1C(=O)C(=O)C(=C(O)c2ccc(OC)c(C)c2)C1c1cc(OC)ccc1OC. The first-order chi connectivity index (χ1) is 15.9. The fourth-order valence-electron chi connectivity index (χ4n) is 4.05. The van der Waals surface area contributed by atoms with Gasteiger partial charge < -0.3 is 29.0 Å². The predicted molar refractivity (Wildman–Crippen MR) is 123 cm³/mol. The van der Waals surface area contributed by atoms with Crippen LogP contribution in [0.4, 0.5) is 0 Å². The van der Waals surface area contributed by atoms with E-state index in [1.54, 1.807) is 50.6 Å². The molecule has 1 amide bonds. The van der Waals surface area contributed by atoms with Gasteiger partial charge in [0.1, 0.15) is 23.0 Å². The molecule has 1 N–H and O–H groups in total. The van der Waals surface area contributed by atoms with Crippen LogP contribution in [0.5, 0.6) is 17.2 Å². The van der Waals surface area contributed by atoms with E-state index < -0.39 is 17.7 Å². The third-order valence-corrected chi connectivity index (χ3v) is 5.69. The number of amides is 1. The molecule has 0 bridgehead atoms. The van der Waals surface area contributed by atoms with Crippen molar-refractivity contribution in [2.24, 2.45) is 0 Å². The van der Waals surface area contributed by atoms with Crippen molar-refractivity contribution >= 4 is 17.4 Å². The van der Waals surface area contributed by atoms with E-state index in [0.717, 1.165) is 5.56 Å². The number of carbonyl (C=O) groups excluding carboxylic acids is 2. The molecule has 176 valence electrons. The summed E-state index contributed by atoms with van der Waals surface area (Å²) in [5.74, 6) is -0.0494. The standard InChI is InChI=1S/C25H29NO7/c1-15-13-16(7-9-19(15)32-4)23(27)21-22(18-14-17(31-3)8-10-20(18)33-5)26(11-6-12-30-2)25(29)24(21)28/h7-10,13-14,22,27H,6,11-12H2,1-5H3. The molecule has 8 heteroatoms. The largest absolute Gasteiger partial charge is 0.507 e. The van der Waals surface area contributed by atoms with Crippen LogP contribution >= 0.6 is 0 Å². The summed E-state index contributed by atoms with van der Waals surface area (Å²) >= 11 is 0. The summed E-state index contributed by atoms with van der Waals surface area (Å²) in [5, 5.41) is 11.3. The first kappa shape index (κ1) is 24.1. The number of hydrogen-bond donors (Lipinski definition) is 1. The summed E-state index contributed by atoms with van der Waals surface area (Å²) in [5.41, 5.74) is 1.73. The van der Waals surface area contributed by atoms with Crippen LogP contribution in [-0.2, 0) is 14.3 Å². The summed E-state index contributed by atoms with van der Waals surface area (Å²) in [6.07, 6.45) is 0.522. The van der Waals surface area contributed by atoms with Crippen molar-refractivity contribution in [2.75, 3.05) is 41.6 Å². The molecule has 3 rings (SSSR count). The molecule has 0 aliphatic carbocycles. The molecule has 1 unspecified atom stereocenters. The summed E-state index contributed by atoms with van der Waals surface area (Å²) in [6, 6.07) is 9.37. The Kier molecular flexibility index (Phi) is 7.60. The highest BCUT2D eigenvalue weighted by molar-refractivity contribution is 6.46. The molecule has 0 radical (unpaired) electrons. The Hall–Kier alpha value is -3.52. The van der Waals surface area contributed by atoms with Crippen LogP contribution in [0, 0.1) is 6.92 Å². The van der Waals surface area contributed by atoms with E-state index in [2.05, 4.69) is 0 Å². The average Bonchev–Trinajstić information content (AvgIpc) is 3.08. The number of hydrogen-bond acceptors (Lipinski definition) is 7. The first-order valence-electron chi connectivity index (χ1n) is 10.5. The summed E-state index contributed by atoms with van der Waals surface area (Å²) in [6.45, 7) is 2.52. The highest BCUT2D eigenvalue weighted by Gasteiger charge is 2.47. The number of Topliss-reactive ketones (excluding diaryl/α,β-unsaturated/α-hetero) is 1. The van der Waals surface area contributed by atoms with Crippen LogP contribution in [0.3, 0.4) is 0 Å². The van der Waals surface area contributed by atoms with Crippen LogP contribution in [0.1, 0.15) is 29.2 Å². The van der Waals surface area contributed by atoms with Crippen molar-refractivity contribution < 1.29 is 33.6 Å². The van der Waals surface area contributed by atoms with Crippen molar-refractivity contribution in [3.8, 4) is 17.2 Å². The van der Waals surface area contributed by atoms with Crippen molar-refractivity contribution in [1.82, 2.24) is 4.90 Å². The van der Waals surface area contributed by atoms with Gasteiger partial charge in [0, 0.05) is 31.4 Å². The highest BCUT2D eigenvalue weighted by Crippen LogP contribution is 2.44. The van der Waals surface area contributed by atoms with Crippen molar-refractivity contribution in [3.63, 3.8) is 0 Å². The second-order valence-electron chi connectivity index (χ2n) is 7.63. The second kappa shape index (κ2) is 10.4. The molecule has 33 heavy (non-hydrogen) atoms. The minimum absolute atomic E-state index is 0.00598. The fraction of sp³-hybridized carbons (Fsp3) is 0.360. The summed E-state index contributed by atoms with van der Waals surface area (Å²) in [4.78, 5) is 27.7. The van der Waals surface area contributed by atoms with Gasteiger partial charge in [-0.1, -0.05) is 0 Å². The Balaban J connectivity index is 2.22. The van der Waals surface area contributed by atoms with E-state index in [1.807, 2.05) is 6.92 Å². The normalized spacial score (nSPS) is 17.4. The average molecular weight is 456 g/mol. The fourth-order valence-corrected chi connectivity index (χ4v) is 4.05. The van der Waals surface area contributed by atoms with Gasteiger partial charge in [-0.15, -0.1) is 0 Å². The molecule has 0 spiro atoms. The zero-order valence-corrected chi connectivity index (χ0v) is 19.5. The Bertz CT molecular complexity index is 1080. The lowest BCUT2D eigenvalue weighted by molar-refractivity contribution is -0.140. The second-order valence-corrected chi connectivity index (χ2v) is 7.63. The molecule has 2 aromatic rings. The van der Waals surface area contributed by atoms with Crippen molar-refractivity contribution in [1.29, 1.82) is 0 Å². The third-order valence-electron chi connectivity index (χ3n) is 5.69. The van der Waals surface area contributed by atoms with Crippen LogP contribution in [0.25, 0.3) is 5.76 Å². The maximum absolute atomic E-state index is 13.2. The molecule has 1 heterocycles. The third kappa shape index (κ3) is 4.66. The predicted octanol–water partition coefficient (Wildman–Crippen LogP) is 3.48. The topological polar surface area (TPSA) is 94.5 Å². The van der Waals surface area contributed by atoms with E-state index in [9.17, 15) is 14.7 Å². The number of aliphatic hydroxyl groups excluding tert-OH is 1. The molecular weight excluding hydrogens is 426 g/mol. The van der Waals surface area contributed by atoms with Gasteiger partial charge in [-0.3, -0.25) is 9.59 Å². The lowest BCUT2D eigenvalue weighted by Crippen LogP contribution is -2.31. The number of methoxy groups -OCH3 is 4. The van der Waals surface area contributed by atoms with E-state index in [-0.39, 0.29) is 17.9 Å². The molecule has 1 saturated heterocycles. The number of ether oxygens (including phenoxy) is 4. The van der Waals surface area contributed by atoms with Crippen LogP contribution in [0.15, 0.2) is 42.0 Å². The van der Waals surface area contributed by atoms with E-state index in [1.165, 1.54) is 19.1 Å². The van der Waals surface area contributed by atoms with E-state index in [0.29, 0.717) is 41.4 Å². The molecule has 1 aliphatic heterocycles. The zero-order valence-electron chi connectivity index (χ0n) is 19.5. The smallest absolute Gasteiger partial charge is 0.295 e. The summed E-state index contributed by atoms with van der Waals surface area (Å²) < 4.78 is 21.3. The molecule has 0 aromatic heterocycles. The maximum atomic E-state index is 13.2. The van der Waals surface area contributed by atoms with Gasteiger partial charge >= 0.3 is 0 Å². The molecule has 1 fully saturated rings. The monoisotopic (exact) mass is 455 g/mol. The van der Waals surface area contributed by atoms with Gasteiger partial charge in [-0.05, 0) is 55.3 Å². The number of likely N-dealkylation sites (tertiary alicyclic amines) is 1. The number of carbonyl (C=O) groups is 2. The number of benzene rings is 2. The van der Waals surface area contributed by atoms with Crippen LogP contribution in [0.2, 0.25) is 0 Å². The first-order valence-corrected chi connectivity index (χ1v) is 10.5. The Morgan fingerprint density at radius 2 is 1.67 bits per heavy atom. The highest BCUT2D eigenvalue weighted by atomic mass is 16.5. The lowest BCUT2D eigenvalue weighted by Gasteiger charge is -2.27. The Labute approximate surface area is 193 Å². The number of rotatable bonds is 9. The number of ketones is 1. The lowest BCUT2D eigenvalue weighted by atomic mass is 9.94. The van der Waals surface area contributed by atoms with E-state index in [4.69, 9.17) is 18.9 Å². The number of aliphatic hydroxyl groups is 1. The summed E-state index contributed by atoms with van der Waals surface area (Å²) in [7, 11) is 6.17. The van der Waals surface area contributed by atoms with Gasteiger partial charge in [0.2, 0.25) is 0 Å². The zero-order chi connectivity index (χ0) is 24.1.